The summed E-state index contributed by atoms with van der Waals surface area (Å²) in [6.45, 7) is 4.34. The van der Waals surface area contributed by atoms with Crippen LogP contribution < -0.4 is 4.90 Å². The third-order valence-corrected chi connectivity index (χ3v) is 4.27. The van der Waals surface area contributed by atoms with Crippen LogP contribution in [0.4, 0.5) is 10.1 Å². The van der Waals surface area contributed by atoms with E-state index in [9.17, 15) is 4.39 Å². The number of piperazine rings is 1. The molecule has 4 nitrogen and oxygen atoms in total. The maximum atomic E-state index is 14.1. The summed E-state index contributed by atoms with van der Waals surface area (Å²) in [5.41, 5.74) is 0.956. The average molecular weight is 301 g/mol. The number of benzene rings is 1. The molecule has 0 amide bonds. The predicted molar refractivity (Wildman–Crippen MR) is 83.0 cm³/mol. The van der Waals surface area contributed by atoms with Gasteiger partial charge < -0.3 is 9.64 Å². The van der Waals surface area contributed by atoms with Gasteiger partial charge in [-0.25, -0.2) is 4.39 Å². The number of allylic oxidation sites excluding steroid dienone is 1. The van der Waals surface area contributed by atoms with Crippen LogP contribution in [0.25, 0.3) is 0 Å². The first-order valence-electron chi connectivity index (χ1n) is 7.73. The Bertz CT molecular complexity index is 588. The first-order chi connectivity index (χ1) is 10.8. The second-order valence-corrected chi connectivity index (χ2v) is 5.77. The highest BCUT2D eigenvalue weighted by atomic mass is 19.1. The topological polar surface area (TPSA) is 39.5 Å². The molecule has 0 radical (unpaired) electrons. The van der Waals surface area contributed by atoms with Crippen molar-refractivity contribution in [1.29, 1.82) is 5.26 Å². The largest absolute Gasteiger partial charge is 0.497 e. The van der Waals surface area contributed by atoms with E-state index >= 15 is 0 Å². The normalized spacial score (nSPS) is 22.2. The molecule has 116 valence electrons. The molecule has 3 rings (SSSR count). The van der Waals surface area contributed by atoms with Crippen molar-refractivity contribution in [3.63, 3.8) is 0 Å². The van der Waals surface area contributed by atoms with Gasteiger partial charge in [0.05, 0.1) is 23.6 Å². The summed E-state index contributed by atoms with van der Waals surface area (Å²) in [6, 6.07) is 6.65. The van der Waals surface area contributed by atoms with Gasteiger partial charge in [0.2, 0.25) is 0 Å². The summed E-state index contributed by atoms with van der Waals surface area (Å²) in [6.07, 6.45) is 6.30. The molecule has 0 bridgehead atoms. The quantitative estimate of drug-likeness (QED) is 0.860. The minimum atomic E-state index is -0.312. The van der Waals surface area contributed by atoms with Gasteiger partial charge in [-0.2, -0.15) is 5.26 Å². The van der Waals surface area contributed by atoms with Gasteiger partial charge in [-0.3, -0.25) is 4.90 Å². The molecule has 1 saturated heterocycles. The summed E-state index contributed by atoms with van der Waals surface area (Å²) in [5.74, 6) is -0.312. The molecule has 1 aromatic carbocycles. The van der Waals surface area contributed by atoms with E-state index in [4.69, 9.17) is 10.00 Å². The molecule has 1 unspecified atom stereocenters. The van der Waals surface area contributed by atoms with Crippen LogP contribution in [0.3, 0.4) is 0 Å². The minimum Gasteiger partial charge on any atom is -0.497 e. The number of halogens is 1. The van der Waals surface area contributed by atoms with Gasteiger partial charge >= 0.3 is 0 Å². The van der Waals surface area contributed by atoms with Crippen LogP contribution in [-0.4, -0.2) is 43.7 Å². The number of hydrogen-bond acceptors (Lipinski definition) is 4. The Morgan fingerprint density at radius 3 is 2.73 bits per heavy atom. The Balaban J connectivity index is 1.55. The van der Waals surface area contributed by atoms with Crippen molar-refractivity contribution >= 4 is 5.69 Å². The predicted octanol–water partition coefficient (Wildman–Crippen LogP) is 2.51. The average Bonchev–Trinajstić information content (AvgIpc) is 2.56. The van der Waals surface area contributed by atoms with E-state index < -0.39 is 0 Å². The molecule has 0 aliphatic carbocycles. The van der Waals surface area contributed by atoms with Gasteiger partial charge in [-0.1, -0.05) is 0 Å². The van der Waals surface area contributed by atoms with Crippen LogP contribution in [0.15, 0.2) is 30.5 Å². The van der Waals surface area contributed by atoms with Crippen molar-refractivity contribution in [2.24, 2.45) is 0 Å². The first kappa shape index (κ1) is 14.9. The highest BCUT2D eigenvalue weighted by molar-refractivity contribution is 5.51. The lowest BCUT2D eigenvalue weighted by Crippen LogP contribution is -2.49. The van der Waals surface area contributed by atoms with E-state index in [0.29, 0.717) is 11.3 Å². The molecule has 1 aromatic rings. The van der Waals surface area contributed by atoms with E-state index in [1.807, 2.05) is 6.07 Å². The molecular weight excluding hydrogens is 281 g/mol. The Morgan fingerprint density at radius 1 is 1.27 bits per heavy atom. The van der Waals surface area contributed by atoms with Gasteiger partial charge in [-0.05, 0) is 37.1 Å². The van der Waals surface area contributed by atoms with Crippen molar-refractivity contribution in [1.82, 2.24) is 4.90 Å². The zero-order chi connectivity index (χ0) is 15.4. The van der Waals surface area contributed by atoms with Gasteiger partial charge in [0, 0.05) is 32.7 Å². The maximum Gasteiger partial charge on any atom is 0.147 e. The minimum absolute atomic E-state index is 0.281. The molecule has 0 spiro atoms. The smallest absolute Gasteiger partial charge is 0.147 e. The van der Waals surface area contributed by atoms with Crippen LogP contribution in [0.1, 0.15) is 18.4 Å². The fourth-order valence-corrected chi connectivity index (χ4v) is 3.01. The van der Waals surface area contributed by atoms with E-state index in [0.717, 1.165) is 45.6 Å². The van der Waals surface area contributed by atoms with Gasteiger partial charge in [0.15, 0.2) is 0 Å². The zero-order valence-corrected chi connectivity index (χ0v) is 12.5. The highest BCUT2D eigenvalue weighted by Crippen LogP contribution is 2.22. The van der Waals surface area contributed by atoms with Gasteiger partial charge in [-0.15, -0.1) is 0 Å². The van der Waals surface area contributed by atoms with Crippen molar-refractivity contribution in [3.8, 4) is 6.07 Å². The summed E-state index contributed by atoms with van der Waals surface area (Å²) in [4.78, 5) is 4.43. The zero-order valence-electron chi connectivity index (χ0n) is 12.5. The molecule has 2 heterocycles. The lowest BCUT2D eigenvalue weighted by atomic mass is 10.1. The molecule has 1 fully saturated rings. The van der Waals surface area contributed by atoms with Crippen LogP contribution >= 0.6 is 0 Å². The Morgan fingerprint density at radius 2 is 2.09 bits per heavy atom. The summed E-state index contributed by atoms with van der Waals surface area (Å²) in [5, 5.41) is 8.80. The van der Waals surface area contributed by atoms with E-state index in [1.54, 1.807) is 18.4 Å². The fourth-order valence-electron chi connectivity index (χ4n) is 3.01. The van der Waals surface area contributed by atoms with Crippen molar-refractivity contribution in [3.05, 3.63) is 41.9 Å². The number of nitriles is 1. The Labute approximate surface area is 130 Å². The third kappa shape index (κ3) is 3.40. The highest BCUT2D eigenvalue weighted by Gasteiger charge is 2.22. The lowest BCUT2D eigenvalue weighted by molar-refractivity contribution is 0.0766. The molecule has 2 aliphatic rings. The van der Waals surface area contributed by atoms with E-state index in [1.165, 1.54) is 6.07 Å². The number of rotatable bonds is 3. The van der Waals surface area contributed by atoms with Crippen LogP contribution in [0.5, 0.6) is 0 Å². The van der Waals surface area contributed by atoms with Gasteiger partial charge in [0.25, 0.3) is 0 Å². The van der Waals surface area contributed by atoms with Crippen LogP contribution in [-0.2, 0) is 4.74 Å². The van der Waals surface area contributed by atoms with E-state index in [-0.39, 0.29) is 11.9 Å². The molecule has 2 aliphatic heterocycles. The number of hydrogen-bond donors (Lipinski definition) is 0. The van der Waals surface area contributed by atoms with Crippen LogP contribution in [0, 0.1) is 17.1 Å². The standard InChI is InChI=1S/C17H20FN3O/c18-16-11-14(12-19)4-5-17(16)21-8-6-20(7-9-21)13-15-3-1-2-10-22-15/h2,4-5,10-11,15H,1,3,6-9,13H2. The van der Waals surface area contributed by atoms with Crippen molar-refractivity contribution < 1.29 is 9.13 Å². The van der Waals surface area contributed by atoms with Crippen LogP contribution in [0.2, 0.25) is 0 Å². The Kier molecular flexibility index (Phi) is 4.59. The Hall–Kier alpha value is -2.06. The first-order valence-corrected chi connectivity index (χ1v) is 7.73. The van der Waals surface area contributed by atoms with Crippen molar-refractivity contribution in [2.45, 2.75) is 18.9 Å². The molecular formula is C17H20FN3O. The second kappa shape index (κ2) is 6.80. The second-order valence-electron chi connectivity index (χ2n) is 5.77. The molecule has 0 saturated carbocycles. The summed E-state index contributed by atoms with van der Waals surface area (Å²) in [7, 11) is 0. The molecule has 22 heavy (non-hydrogen) atoms. The monoisotopic (exact) mass is 301 g/mol. The SMILES string of the molecule is N#Cc1ccc(N2CCN(CC3CCC=CO3)CC2)c(F)c1. The lowest BCUT2D eigenvalue weighted by Gasteiger charge is -2.37. The summed E-state index contributed by atoms with van der Waals surface area (Å²) < 4.78 is 19.7. The summed E-state index contributed by atoms with van der Waals surface area (Å²) >= 11 is 0. The molecule has 0 aromatic heterocycles. The number of anilines is 1. The number of ether oxygens (including phenoxy) is 1. The maximum absolute atomic E-state index is 14.1. The number of nitrogens with zero attached hydrogens (tertiary/aromatic N) is 3. The molecule has 0 N–H and O–H groups in total. The molecule has 5 heteroatoms. The van der Waals surface area contributed by atoms with Crippen molar-refractivity contribution in [2.75, 3.05) is 37.6 Å². The fraction of sp³-hybridized carbons (Fsp3) is 0.471. The third-order valence-electron chi connectivity index (χ3n) is 4.27. The molecule has 1 atom stereocenters. The van der Waals surface area contributed by atoms with E-state index in [2.05, 4.69) is 15.9 Å². The van der Waals surface area contributed by atoms with Gasteiger partial charge in [0.1, 0.15) is 11.9 Å².